The first kappa shape index (κ1) is 10.4. The van der Waals surface area contributed by atoms with E-state index < -0.39 is 0 Å². The first-order chi connectivity index (χ1) is 6.83. The molecule has 1 aliphatic carbocycles. The molecule has 14 heavy (non-hydrogen) atoms. The van der Waals surface area contributed by atoms with Crippen LogP contribution in [0.3, 0.4) is 0 Å². The molecule has 1 unspecified atom stereocenters. The first-order valence-corrected chi connectivity index (χ1v) is 6.26. The lowest BCUT2D eigenvalue weighted by Crippen LogP contribution is -2.51. The highest BCUT2D eigenvalue weighted by molar-refractivity contribution is 4.91. The maximum atomic E-state index is 3.51. The van der Waals surface area contributed by atoms with E-state index in [2.05, 4.69) is 24.2 Å². The molecule has 0 amide bonds. The number of likely N-dealkylation sites (tertiary alicyclic amines) is 1. The minimum absolute atomic E-state index is 0. The summed E-state index contributed by atoms with van der Waals surface area (Å²) >= 11 is 0. The van der Waals surface area contributed by atoms with Crippen molar-refractivity contribution in [3.8, 4) is 0 Å². The molecule has 1 saturated heterocycles. The van der Waals surface area contributed by atoms with Crippen LogP contribution in [-0.2, 0) is 0 Å². The van der Waals surface area contributed by atoms with Crippen molar-refractivity contribution in [3.63, 3.8) is 0 Å². The molecule has 1 saturated carbocycles. The minimum Gasteiger partial charge on any atom is -0.315 e. The van der Waals surface area contributed by atoms with Crippen LogP contribution in [0.1, 0.15) is 46.9 Å². The van der Waals surface area contributed by atoms with Crippen LogP contribution < -0.4 is 5.32 Å². The van der Waals surface area contributed by atoms with Gasteiger partial charge >= 0.3 is 0 Å². The molecule has 2 aliphatic rings. The third kappa shape index (κ3) is 1.96. The summed E-state index contributed by atoms with van der Waals surface area (Å²) in [4.78, 5) is 2.75. The van der Waals surface area contributed by atoms with E-state index in [0.717, 1.165) is 18.1 Å². The zero-order chi connectivity index (χ0) is 9.97. The molecular formula is C12H26N2. The van der Waals surface area contributed by atoms with Gasteiger partial charge in [0.25, 0.3) is 0 Å². The second-order valence-electron chi connectivity index (χ2n) is 4.98. The Bertz CT molecular complexity index is 186. The zero-order valence-electron chi connectivity index (χ0n) is 9.63. The Kier molecular flexibility index (Phi) is 3.45. The van der Waals surface area contributed by atoms with Crippen LogP contribution in [0, 0.1) is 0 Å². The lowest BCUT2D eigenvalue weighted by atomic mass is 9.89. The summed E-state index contributed by atoms with van der Waals surface area (Å²) in [6.07, 6.45) is 8.47. The van der Waals surface area contributed by atoms with Gasteiger partial charge in [-0.05, 0) is 46.2 Å². The average molecular weight is 198 g/mol. The van der Waals surface area contributed by atoms with Gasteiger partial charge in [-0.25, -0.2) is 0 Å². The Morgan fingerprint density at radius 3 is 2.57 bits per heavy atom. The predicted octanol–water partition coefficient (Wildman–Crippen LogP) is 2.25. The van der Waals surface area contributed by atoms with Gasteiger partial charge in [0.15, 0.2) is 0 Å². The standard InChI is InChI=1S/C12H24N2.H2/c1-10-6-5-9-14(10)12-8-4-3-7-11(12)13-2;/h10-13H,3-9H2,1-2H3;1H/t10?,11-,12-;/m0./s1. The normalized spacial score (nSPS) is 40.3. The number of hydrogen-bond acceptors (Lipinski definition) is 2. The van der Waals surface area contributed by atoms with Crippen LogP contribution in [0.2, 0.25) is 0 Å². The molecule has 1 aliphatic heterocycles. The maximum absolute atomic E-state index is 3.51. The van der Waals surface area contributed by atoms with Gasteiger partial charge < -0.3 is 5.32 Å². The monoisotopic (exact) mass is 198 g/mol. The maximum Gasteiger partial charge on any atom is 0.0252 e. The lowest BCUT2D eigenvalue weighted by Gasteiger charge is -2.40. The molecule has 84 valence electrons. The SMILES string of the molecule is CN[C@H]1CCCC[C@@H]1N1CCCC1C.[HH]. The minimum atomic E-state index is 0. The van der Waals surface area contributed by atoms with Crippen molar-refractivity contribution in [1.29, 1.82) is 0 Å². The number of likely N-dealkylation sites (N-methyl/N-ethyl adjacent to an activating group) is 1. The molecule has 2 nitrogen and oxygen atoms in total. The molecule has 2 rings (SSSR count). The van der Waals surface area contributed by atoms with Gasteiger partial charge in [-0.2, -0.15) is 0 Å². The van der Waals surface area contributed by atoms with Crippen molar-refractivity contribution >= 4 is 0 Å². The van der Waals surface area contributed by atoms with Crippen LogP contribution in [-0.4, -0.2) is 36.6 Å². The molecule has 3 atom stereocenters. The summed E-state index contributed by atoms with van der Waals surface area (Å²) in [7, 11) is 2.13. The largest absolute Gasteiger partial charge is 0.315 e. The van der Waals surface area contributed by atoms with Crippen molar-refractivity contribution in [3.05, 3.63) is 0 Å². The molecule has 0 aromatic carbocycles. The van der Waals surface area contributed by atoms with E-state index in [-0.39, 0.29) is 1.43 Å². The van der Waals surface area contributed by atoms with E-state index in [1.165, 1.54) is 45.1 Å². The van der Waals surface area contributed by atoms with Gasteiger partial charge in [-0.3, -0.25) is 4.90 Å². The first-order valence-electron chi connectivity index (χ1n) is 6.26. The summed E-state index contributed by atoms with van der Waals surface area (Å²) in [5.74, 6) is 0. The van der Waals surface area contributed by atoms with Gasteiger partial charge in [0, 0.05) is 19.6 Å². The third-order valence-electron chi connectivity index (χ3n) is 4.13. The Morgan fingerprint density at radius 1 is 1.14 bits per heavy atom. The van der Waals surface area contributed by atoms with Gasteiger partial charge in [-0.1, -0.05) is 12.8 Å². The summed E-state index contributed by atoms with van der Waals surface area (Å²) in [5.41, 5.74) is 0. The van der Waals surface area contributed by atoms with Crippen molar-refractivity contribution in [2.45, 2.75) is 63.6 Å². The number of nitrogens with zero attached hydrogens (tertiary/aromatic N) is 1. The number of hydrogen-bond donors (Lipinski definition) is 1. The summed E-state index contributed by atoms with van der Waals surface area (Å²) in [5, 5.41) is 3.51. The van der Waals surface area contributed by atoms with Crippen molar-refractivity contribution in [1.82, 2.24) is 10.2 Å². The summed E-state index contributed by atoms with van der Waals surface area (Å²) in [6.45, 7) is 3.73. The second-order valence-corrected chi connectivity index (χ2v) is 4.98. The molecule has 1 heterocycles. The molecule has 0 aromatic rings. The molecule has 1 N–H and O–H groups in total. The Hall–Kier alpha value is -0.0800. The predicted molar refractivity (Wildman–Crippen MR) is 62.6 cm³/mol. The van der Waals surface area contributed by atoms with E-state index in [0.29, 0.717) is 0 Å². The topological polar surface area (TPSA) is 15.3 Å². The molecule has 0 spiro atoms. The fourth-order valence-electron chi connectivity index (χ4n) is 3.29. The van der Waals surface area contributed by atoms with Gasteiger partial charge in [0.05, 0.1) is 0 Å². The Morgan fingerprint density at radius 2 is 1.93 bits per heavy atom. The van der Waals surface area contributed by atoms with Crippen LogP contribution in [0.4, 0.5) is 0 Å². The van der Waals surface area contributed by atoms with Crippen molar-refractivity contribution < 1.29 is 1.43 Å². The van der Waals surface area contributed by atoms with E-state index in [4.69, 9.17) is 0 Å². The smallest absolute Gasteiger partial charge is 0.0252 e. The van der Waals surface area contributed by atoms with Gasteiger partial charge in [-0.15, -0.1) is 0 Å². The van der Waals surface area contributed by atoms with E-state index in [9.17, 15) is 0 Å². The van der Waals surface area contributed by atoms with Crippen molar-refractivity contribution in [2.75, 3.05) is 13.6 Å². The number of nitrogens with one attached hydrogen (secondary N) is 1. The Labute approximate surface area is 89.5 Å². The van der Waals surface area contributed by atoms with Gasteiger partial charge in [0.2, 0.25) is 0 Å². The van der Waals surface area contributed by atoms with E-state index in [1.807, 2.05) is 0 Å². The fraction of sp³-hybridized carbons (Fsp3) is 1.00. The van der Waals surface area contributed by atoms with E-state index in [1.54, 1.807) is 0 Å². The molecular weight excluding hydrogens is 172 g/mol. The highest BCUT2D eigenvalue weighted by Gasteiger charge is 2.33. The lowest BCUT2D eigenvalue weighted by molar-refractivity contribution is 0.120. The quantitative estimate of drug-likeness (QED) is 0.732. The van der Waals surface area contributed by atoms with Crippen molar-refractivity contribution in [2.24, 2.45) is 0 Å². The number of rotatable bonds is 2. The zero-order valence-corrected chi connectivity index (χ0v) is 9.63. The molecule has 0 bridgehead atoms. The van der Waals surface area contributed by atoms with Crippen LogP contribution in [0.25, 0.3) is 0 Å². The van der Waals surface area contributed by atoms with Crippen LogP contribution >= 0.6 is 0 Å². The average Bonchev–Trinajstić information content (AvgIpc) is 2.64. The molecule has 0 radical (unpaired) electrons. The van der Waals surface area contributed by atoms with Crippen LogP contribution in [0.15, 0.2) is 0 Å². The third-order valence-corrected chi connectivity index (χ3v) is 4.13. The van der Waals surface area contributed by atoms with E-state index >= 15 is 0 Å². The molecule has 2 heteroatoms. The van der Waals surface area contributed by atoms with Gasteiger partial charge in [0.1, 0.15) is 0 Å². The fourth-order valence-corrected chi connectivity index (χ4v) is 3.29. The van der Waals surface area contributed by atoms with Crippen LogP contribution in [0.5, 0.6) is 0 Å². The highest BCUT2D eigenvalue weighted by atomic mass is 15.2. The molecule has 2 fully saturated rings. The summed E-state index contributed by atoms with van der Waals surface area (Å²) < 4.78 is 0. The Balaban J connectivity index is 0.00000112. The summed E-state index contributed by atoms with van der Waals surface area (Å²) in [6, 6.07) is 2.41. The molecule has 0 aromatic heterocycles. The second kappa shape index (κ2) is 4.63. The highest BCUT2D eigenvalue weighted by Crippen LogP contribution is 2.29.